The standard InChI is InChI=1S/C19H20N2O4/c22-18(12-15-7-2-4-10-17(15)21(24)25)20-13-19(23)11-5-8-14-6-1-3-9-16(14)19/h1-4,6-7,9-10,23H,5,8,11-13H2,(H,20,22). The van der Waals surface area contributed by atoms with Gasteiger partial charge < -0.3 is 10.4 Å². The number of hydrogen-bond acceptors (Lipinski definition) is 4. The summed E-state index contributed by atoms with van der Waals surface area (Å²) in [5, 5.41) is 24.7. The van der Waals surface area contributed by atoms with Gasteiger partial charge in [0.2, 0.25) is 5.91 Å². The van der Waals surface area contributed by atoms with Crippen molar-refractivity contribution in [2.45, 2.75) is 31.3 Å². The van der Waals surface area contributed by atoms with Gasteiger partial charge in [-0.3, -0.25) is 14.9 Å². The van der Waals surface area contributed by atoms with Crippen molar-refractivity contribution < 1.29 is 14.8 Å². The van der Waals surface area contributed by atoms with Gasteiger partial charge in [-0.25, -0.2) is 0 Å². The van der Waals surface area contributed by atoms with Gasteiger partial charge in [-0.15, -0.1) is 0 Å². The highest BCUT2D eigenvalue weighted by Crippen LogP contribution is 2.34. The first-order chi connectivity index (χ1) is 12.0. The maximum Gasteiger partial charge on any atom is 0.273 e. The number of para-hydroxylation sites is 1. The zero-order valence-electron chi connectivity index (χ0n) is 13.8. The molecule has 1 aliphatic carbocycles. The van der Waals surface area contributed by atoms with Gasteiger partial charge in [-0.05, 0) is 30.4 Å². The maximum absolute atomic E-state index is 12.2. The molecule has 1 atom stereocenters. The molecule has 0 bridgehead atoms. The van der Waals surface area contributed by atoms with Crippen LogP contribution in [0.2, 0.25) is 0 Å². The molecule has 0 fully saturated rings. The minimum Gasteiger partial charge on any atom is -0.383 e. The van der Waals surface area contributed by atoms with Gasteiger partial charge in [0, 0.05) is 11.6 Å². The van der Waals surface area contributed by atoms with Gasteiger partial charge in [-0.2, -0.15) is 0 Å². The molecule has 2 aromatic carbocycles. The van der Waals surface area contributed by atoms with E-state index in [0.29, 0.717) is 12.0 Å². The van der Waals surface area contributed by atoms with E-state index in [0.717, 1.165) is 24.0 Å². The van der Waals surface area contributed by atoms with E-state index in [2.05, 4.69) is 5.32 Å². The fourth-order valence-corrected chi connectivity index (χ4v) is 3.40. The SMILES string of the molecule is O=C(Cc1ccccc1[N+](=O)[O-])NCC1(O)CCCc2ccccc21. The predicted octanol–water partition coefficient (Wildman–Crippen LogP) is 2.48. The van der Waals surface area contributed by atoms with Crippen LogP contribution in [0.4, 0.5) is 5.69 Å². The maximum atomic E-state index is 12.2. The number of aryl methyl sites for hydroxylation is 1. The first-order valence-electron chi connectivity index (χ1n) is 8.29. The molecule has 25 heavy (non-hydrogen) atoms. The summed E-state index contributed by atoms with van der Waals surface area (Å²) in [4.78, 5) is 22.8. The Morgan fingerprint density at radius 1 is 1.20 bits per heavy atom. The van der Waals surface area contributed by atoms with Gasteiger partial charge >= 0.3 is 0 Å². The van der Waals surface area contributed by atoms with E-state index in [1.807, 2.05) is 24.3 Å². The molecule has 1 amide bonds. The Kier molecular flexibility index (Phi) is 4.81. The third kappa shape index (κ3) is 3.69. The third-order valence-corrected chi connectivity index (χ3v) is 4.67. The van der Waals surface area contributed by atoms with Gasteiger partial charge in [-0.1, -0.05) is 42.5 Å². The number of fused-ring (bicyclic) bond motifs is 1. The highest BCUT2D eigenvalue weighted by Gasteiger charge is 2.34. The summed E-state index contributed by atoms with van der Waals surface area (Å²) in [6.45, 7) is 0.101. The Bertz CT molecular complexity index is 806. The molecule has 2 N–H and O–H groups in total. The van der Waals surface area contributed by atoms with Crippen LogP contribution in [-0.4, -0.2) is 22.5 Å². The summed E-state index contributed by atoms with van der Waals surface area (Å²) in [6, 6.07) is 13.9. The highest BCUT2D eigenvalue weighted by atomic mass is 16.6. The molecular formula is C19H20N2O4. The minimum absolute atomic E-state index is 0.0700. The molecule has 6 nitrogen and oxygen atoms in total. The highest BCUT2D eigenvalue weighted by molar-refractivity contribution is 5.79. The number of hydrogen-bond donors (Lipinski definition) is 2. The smallest absolute Gasteiger partial charge is 0.273 e. The summed E-state index contributed by atoms with van der Waals surface area (Å²) >= 11 is 0. The average molecular weight is 340 g/mol. The van der Waals surface area contributed by atoms with Crippen LogP contribution in [0.5, 0.6) is 0 Å². The molecule has 0 radical (unpaired) electrons. The molecule has 1 unspecified atom stereocenters. The molecule has 0 saturated heterocycles. The average Bonchev–Trinajstić information content (AvgIpc) is 2.61. The molecule has 1 aliphatic rings. The van der Waals surface area contributed by atoms with Gasteiger partial charge in [0.05, 0.1) is 17.9 Å². The van der Waals surface area contributed by atoms with E-state index in [-0.39, 0.29) is 24.6 Å². The number of amides is 1. The van der Waals surface area contributed by atoms with Gasteiger partial charge in [0.25, 0.3) is 5.69 Å². The first-order valence-corrected chi connectivity index (χ1v) is 8.29. The quantitative estimate of drug-likeness (QED) is 0.646. The second kappa shape index (κ2) is 7.03. The zero-order chi connectivity index (χ0) is 17.9. The van der Waals surface area contributed by atoms with Crippen LogP contribution in [0.1, 0.15) is 29.5 Å². The number of nitro groups is 1. The zero-order valence-corrected chi connectivity index (χ0v) is 13.8. The fourth-order valence-electron chi connectivity index (χ4n) is 3.40. The van der Waals surface area contributed by atoms with E-state index in [1.165, 1.54) is 6.07 Å². The van der Waals surface area contributed by atoms with Crippen molar-refractivity contribution in [3.8, 4) is 0 Å². The molecule has 0 spiro atoms. The Labute approximate surface area is 145 Å². The van der Waals surface area contributed by atoms with Crippen molar-refractivity contribution in [1.29, 1.82) is 0 Å². The summed E-state index contributed by atoms with van der Waals surface area (Å²) in [5.74, 6) is -0.342. The summed E-state index contributed by atoms with van der Waals surface area (Å²) in [7, 11) is 0. The Morgan fingerprint density at radius 2 is 1.92 bits per heavy atom. The molecule has 3 rings (SSSR count). The van der Waals surface area contributed by atoms with Crippen LogP contribution >= 0.6 is 0 Å². The van der Waals surface area contributed by atoms with Gasteiger partial charge in [0.1, 0.15) is 5.60 Å². The largest absolute Gasteiger partial charge is 0.383 e. The predicted molar refractivity (Wildman–Crippen MR) is 93.1 cm³/mol. The van der Waals surface area contributed by atoms with Crippen molar-refractivity contribution >= 4 is 11.6 Å². The number of rotatable bonds is 5. The lowest BCUT2D eigenvalue weighted by molar-refractivity contribution is -0.385. The molecule has 0 heterocycles. The topological polar surface area (TPSA) is 92.5 Å². The van der Waals surface area contributed by atoms with E-state index in [4.69, 9.17) is 0 Å². The molecule has 6 heteroatoms. The summed E-state index contributed by atoms with van der Waals surface area (Å²) in [5.41, 5.74) is 1.16. The van der Waals surface area contributed by atoms with Crippen molar-refractivity contribution in [1.82, 2.24) is 5.32 Å². The lowest BCUT2D eigenvalue weighted by Gasteiger charge is -2.34. The lowest BCUT2D eigenvalue weighted by Crippen LogP contribution is -2.43. The number of nitrogens with zero attached hydrogens (tertiary/aromatic N) is 1. The van der Waals surface area contributed by atoms with Crippen LogP contribution < -0.4 is 5.32 Å². The second-order valence-electron chi connectivity index (χ2n) is 6.38. The van der Waals surface area contributed by atoms with Crippen molar-refractivity contribution in [2.75, 3.05) is 6.54 Å². The van der Waals surface area contributed by atoms with Crippen LogP contribution in [0, 0.1) is 10.1 Å². The normalized spacial score (nSPS) is 19.1. The van der Waals surface area contributed by atoms with Crippen LogP contribution in [0.3, 0.4) is 0 Å². The van der Waals surface area contributed by atoms with E-state index >= 15 is 0 Å². The monoisotopic (exact) mass is 340 g/mol. The van der Waals surface area contributed by atoms with Crippen molar-refractivity contribution in [3.05, 3.63) is 75.3 Å². The lowest BCUT2D eigenvalue weighted by atomic mass is 9.79. The molecule has 2 aromatic rings. The first kappa shape index (κ1) is 17.1. The Morgan fingerprint density at radius 3 is 2.72 bits per heavy atom. The Hall–Kier alpha value is -2.73. The van der Waals surface area contributed by atoms with Crippen LogP contribution in [-0.2, 0) is 23.2 Å². The molecular weight excluding hydrogens is 320 g/mol. The number of aliphatic hydroxyl groups is 1. The Balaban J connectivity index is 1.68. The second-order valence-corrected chi connectivity index (χ2v) is 6.38. The van der Waals surface area contributed by atoms with Crippen LogP contribution in [0.15, 0.2) is 48.5 Å². The minimum atomic E-state index is -1.09. The number of carbonyl (C=O) groups excluding carboxylic acids is 1. The van der Waals surface area contributed by atoms with Gasteiger partial charge in [0.15, 0.2) is 0 Å². The van der Waals surface area contributed by atoms with Crippen LogP contribution in [0.25, 0.3) is 0 Å². The number of carbonyl (C=O) groups is 1. The molecule has 0 saturated carbocycles. The molecule has 0 aliphatic heterocycles. The molecule has 0 aromatic heterocycles. The fraction of sp³-hybridized carbons (Fsp3) is 0.316. The number of nitrogens with one attached hydrogen (secondary N) is 1. The molecule has 130 valence electrons. The summed E-state index contributed by atoms with van der Waals surface area (Å²) < 4.78 is 0. The number of benzene rings is 2. The van der Waals surface area contributed by atoms with Crippen molar-refractivity contribution in [2.24, 2.45) is 0 Å². The number of nitro benzene ring substituents is 1. The van der Waals surface area contributed by atoms with E-state index < -0.39 is 10.5 Å². The van der Waals surface area contributed by atoms with E-state index in [9.17, 15) is 20.0 Å². The third-order valence-electron chi connectivity index (χ3n) is 4.67. The van der Waals surface area contributed by atoms with E-state index in [1.54, 1.807) is 18.2 Å². The van der Waals surface area contributed by atoms with Crippen molar-refractivity contribution in [3.63, 3.8) is 0 Å². The summed E-state index contributed by atoms with van der Waals surface area (Å²) in [6.07, 6.45) is 2.26.